The lowest BCUT2D eigenvalue weighted by atomic mass is 10.2. The van der Waals surface area contributed by atoms with Gasteiger partial charge in [0.25, 0.3) is 0 Å². The Labute approximate surface area is 175 Å². The monoisotopic (exact) mass is 409 g/mol. The number of imidazole rings is 1. The molecule has 1 atom stereocenters. The zero-order valence-corrected chi connectivity index (χ0v) is 17.5. The molecular weight excluding hydrogens is 386 g/mol. The van der Waals surface area contributed by atoms with Crippen LogP contribution in [0.15, 0.2) is 18.3 Å². The molecule has 1 unspecified atom stereocenters. The van der Waals surface area contributed by atoms with Crippen molar-refractivity contribution in [3.8, 4) is 23.4 Å². The molecular formula is C22H24ClN5O. The van der Waals surface area contributed by atoms with Crippen LogP contribution >= 0.6 is 11.6 Å². The molecule has 0 amide bonds. The molecule has 150 valence electrons. The molecule has 1 aliphatic rings. The highest BCUT2D eigenvalue weighted by atomic mass is 35.5. The lowest BCUT2D eigenvalue weighted by Gasteiger charge is -2.24. The Hall–Kier alpha value is -2.49. The average molecular weight is 410 g/mol. The first-order valence-corrected chi connectivity index (χ1v) is 10.5. The molecule has 1 aliphatic heterocycles. The predicted octanol–water partition coefficient (Wildman–Crippen LogP) is 5.09. The summed E-state index contributed by atoms with van der Waals surface area (Å²) < 4.78 is 8.02. The normalized spacial score (nSPS) is 16.6. The van der Waals surface area contributed by atoms with Crippen LogP contribution < -0.4 is 0 Å². The molecule has 0 saturated carbocycles. The Morgan fingerprint density at radius 1 is 1.24 bits per heavy atom. The number of unbranched alkanes of at least 4 members (excludes halogenated alkanes) is 2. The number of nitrogens with zero attached hydrogens (tertiary/aromatic N) is 5. The van der Waals surface area contributed by atoms with Crippen LogP contribution in [0, 0.1) is 18.8 Å². The van der Waals surface area contributed by atoms with Gasteiger partial charge in [0.15, 0.2) is 22.4 Å². The maximum Gasteiger partial charge on any atom is 0.189 e. The van der Waals surface area contributed by atoms with Crippen LogP contribution in [0.25, 0.3) is 22.7 Å². The first-order valence-electron chi connectivity index (χ1n) is 10.2. The minimum Gasteiger partial charge on any atom is -0.358 e. The van der Waals surface area contributed by atoms with Crippen LogP contribution in [-0.2, 0) is 4.74 Å². The van der Waals surface area contributed by atoms with Gasteiger partial charge in [-0.1, -0.05) is 36.9 Å². The number of hydrogen-bond donors (Lipinski definition) is 0. The fourth-order valence-electron chi connectivity index (χ4n) is 3.35. The van der Waals surface area contributed by atoms with E-state index in [-0.39, 0.29) is 6.23 Å². The molecule has 0 N–H and O–H groups in total. The van der Waals surface area contributed by atoms with E-state index < -0.39 is 0 Å². The van der Waals surface area contributed by atoms with Gasteiger partial charge in [-0.15, -0.1) is 0 Å². The highest BCUT2D eigenvalue weighted by Gasteiger charge is 2.25. The molecule has 3 aromatic heterocycles. The van der Waals surface area contributed by atoms with Crippen molar-refractivity contribution in [1.82, 2.24) is 24.5 Å². The van der Waals surface area contributed by atoms with Crippen LogP contribution in [-0.4, -0.2) is 31.1 Å². The van der Waals surface area contributed by atoms with E-state index in [0.717, 1.165) is 50.7 Å². The van der Waals surface area contributed by atoms with Gasteiger partial charge in [-0.25, -0.2) is 15.0 Å². The molecule has 0 aliphatic carbocycles. The minimum atomic E-state index is -0.144. The van der Waals surface area contributed by atoms with Crippen LogP contribution in [0.1, 0.15) is 63.1 Å². The van der Waals surface area contributed by atoms with Gasteiger partial charge in [-0.05, 0) is 50.2 Å². The summed E-state index contributed by atoms with van der Waals surface area (Å²) in [6.07, 6.45) is 7.72. The van der Waals surface area contributed by atoms with Crippen molar-refractivity contribution in [2.75, 3.05) is 6.61 Å². The molecule has 6 nitrogen and oxygen atoms in total. The molecule has 7 heteroatoms. The van der Waals surface area contributed by atoms with Gasteiger partial charge in [-0.3, -0.25) is 9.55 Å². The Balaban J connectivity index is 1.85. The van der Waals surface area contributed by atoms with Gasteiger partial charge in [-0.2, -0.15) is 0 Å². The minimum absolute atomic E-state index is 0.144. The first kappa shape index (κ1) is 19.8. The zero-order chi connectivity index (χ0) is 20.2. The Morgan fingerprint density at radius 2 is 2.14 bits per heavy atom. The SMILES string of the molecule is CCCCC#Cc1nc2c(Cl)nc(-c3ccc(C)cn3)nc2n1C1CCCCO1. The third kappa shape index (κ3) is 4.26. The van der Waals surface area contributed by atoms with E-state index >= 15 is 0 Å². The van der Waals surface area contributed by atoms with Crippen LogP contribution in [0.4, 0.5) is 0 Å². The van der Waals surface area contributed by atoms with E-state index in [0.29, 0.717) is 33.7 Å². The average Bonchev–Trinajstić information content (AvgIpc) is 3.11. The Morgan fingerprint density at radius 3 is 2.86 bits per heavy atom. The van der Waals surface area contributed by atoms with E-state index in [1.165, 1.54) is 0 Å². The molecule has 0 bridgehead atoms. The van der Waals surface area contributed by atoms with E-state index in [9.17, 15) is 0 Å². The molecule has 1 saturated heterocycles. The van der Waals surface area contributed by atoms with Gasteiger partial charge in [0.05, 0.1) is 0 Å². The van der Waals surface area contributed by atoms with Gasteiger partial charge < -0.3 is 4.74 Å². The molecule has 0 spiro atoms. The smallest absolute Gasteiger partial charge is 0.189 e. The van der Waals surface area contributed by atoms with Crippen LogP contribution in [0.2, 0.25) is 5.15 Å². The first-order chi connectivity index (χ1) is 14.2. The van der Waals surface area contributed by atoms with Crippen molar-refractivity contribution in [2.24, 2.45) is 0 Å². The maximum atomic E-state index is 6.51. The zero-order valence-electron chi connectivity index (χ0n) is 16.8. The van der Waals surface area contributed by atoms with Gasteiger partial charge in [0.1, 0.15) is 17.4 Å². The summed E-state index contributed by atoms with van der Waals surface area (Å²) in [7, 11) is 0. The van der Waals surface area contributed by atoms with Gasteiger partial charge in [0, 0.05) is 19.2 Å². The molecule has 0 aromatic carbocycles. The van der Waals surface area contributed by atoms with E-state index in [1.54, 1.807) is 6.20 Å². The third-order valence-corrected chi connectivity index (χ3v) is 5.20. The van der Waals surface area contributed by atoms with Crippen molar-refractivity contribution >= 4 is 22.8 Å². The number of ether oxygens (including phenoxy) is 1. The highest BCUT2D eigenvalue weighted by molar-refractivity contribution is 6.33. The topological polar surface area (TPSA) is 65.7 Å². The maximum absolute atomic E-state index is 6.51. The lowest BCUT2D eigenvalue weighted by molar-refractivity contribution is -0.0302. The molecule has 1 fully saturated rings. The number of halogens is 1. The van der Waals surface area contributed by atoms with E-state index in [4.69, 9.17) is 21.3 Å². The standard InChI is InChI=1S/C22H24ClN5O/c1-3-4-5-6-9-17-25-19-20(23)26-21(16-12-11-15(2)14-24-16)27-22(19)28(17)18-10-7-8-13-29-18/h11-12,14,18H,3-5,7-8,10,13H2,1-2H3. The molecule has 0 radical (unpaired) electrons. The quantitative estimate of drug-likeness (QED) is 0.341. The number of aryl methyl sites for hydroxylation is 1. The highest BCUT2D eigenvalue weighted by Crippen LogP contribution is 2.31. The summed E-state index contributed by atoms with van der Waals surface area (Å²) in [6.45, 7) is 4.87. The second kappa shape index (κ2) is 8.89. The van der Waals surface area contributed by atoms with Crippen molar-refractivity contribution < 1.29 is 4.74 Å². The van der Waals surface area contributed by atoms with Crippen molar-refractivity contribution in [3.63, 3.8) is 0 Å². The summed E-state index contributed by atoms with van der Waals surface area (Å²) in [6, 6.07) is 3.88. The summed E-state index contributed by atoms with van der Waals surface area (Å²) in [5, 5.41) is 0.304. The fourth-order valence-corrected chi connectivity index (χ4v) is 3.56. The summed E-state index contributed by atoms with van der Waals surface area (Å²) >= 11 is 6.51. The van der Waals surface area contributed by atoms with Crippen molar-refractivity contribution in [3.05, 3.63) is 34.9 Å². The van der Waals surface area contributed by atoms with Crippen LogP contribution in [0.3, 0.4) is 0 Å². The predicted molar refractivity (Wildman–Crippen MR) is 114 cm³/mol. The fraction of sp³-hybridized carbons (Fsp3) is 0.455. The summed E-state index contributed by atoms with van der Waals surface area (Å²) in [4.78, 5) is 18.3. The summed E-state index contributed by atoms with van der Waals surface area (Å²) in [5.74, 6) is 7.54. The Bertz CT molecular complexity index is 1060. The van der Waals surface area contributed by atoms with Crippen molar-refractivity contribution in [1.29, 1.82) is 0 Å². The molecule has 3 aromatic rings. The van der Waals surface area contributed by atoms with E-state index in [2.05, 4.69) is 33.7 Å². The third-order valence-electron chi connectivity index (χ3n) is 4.94. The largest absolute Gasteiger partial charge is 0.358 e. The van der Waals surface area contributed by atoms with Crippen molar-refractivity contribution in [2.45, 2.75) is 58.6 Å². The number of pyridine rings is 1. The molecule has 29 heavy (non-hydrogen) atoms. The second-order valence-corrected chi connectivity index (χ2v) is 7.62. The second-order valence-electron chi connectivity index (χ2n) is 7.26. The van der Waals surface area contributed by atoms with E-state index in [1.807, 2.05) is 23.6 Å². The molecule has 4 rings (SSSR count). The number of fused-ring (bicyclic) bond motifs is 1. The number of rotatable bonds is 4. The summed E-state index contributed by atoms with van der Waals surface area (Å²) in [5.41, 5.74) is 2.95. The van der Waals surface area contributed by atoms with Gasteiger partial charge in [0.2, 0.25) is 0 Å². The lowest BCUT2D eigenvalue weighted by Crippen LogP contribution is -2.19. The van der Waals surface area contributed by atoms with Gasteiger partial charge >= 0.3 is 0 Å². The number of hydrogen-bond acceptors (Lipinski definition) is 5. The Kier molecular flexibility index (Phi) is 6.08. The van der Waals surface area contributed by atoms with Crippen LogP contribution in [0.5, 0.6) is 0 Å². The molecule has 4 heterocycles. The number of aromatic nitrogens is 5.